The van der Waals surface area contributed by atoms with Gasteiger partial charge in [-0.05, 0) is 25.3 Å². The third-order valence-corrected chi connectivity index (χ3v) is 5.24. The number of anilines is 1. The number of carbonyl (C=O) groups is 1. The Hall–Kier alpha value is -2.77. The smallest absolute Gasteiger partial charge is 0.259 e. The number of fused-ring (bicyclic) bond motifs is 1. The summed E-state index contributed by atoms with van der Waals surface area (Å²) in [6.07, 6.45) is 7.97. The Balaban J connectivity index is 1.52. The van der Waals surface area contributed by atoms with Crippen molar-refractivity contribution >= 4 is 23.0 Å². The number of pyridine rings is 1. The number of aromatic amines is 1. The van der Waals surface area contributed by atoms with E-state index in [9.17, 15) is 4.79 Å². The first-order valence-corrected chi connectivity index (χ1v) is 9.62. The van der Waals surface area contributed by atoms with Crippen molar-refractivity contribution in [1.82, 2.24) is 25.3 Å². The Labute approximate surface area is 157 Å². The van der Waals surface area contributed by atoms with Crippen LogP contribution in [0.25, 0.3) is 11.1 Å². The number of hydrogen-bond acceptors (Lipinski definition) is 6. The molecular formula is C19H24N6O2. The van der Waals surface area contributed by atoms with Crippen molar-refractivity contribution in [2.45, 2.75) is 58.8 Å². The maximum atomic E-state index is 12.8. The topological polar surface area (TPSA) is 110 Å². The second-order valence-electron chi connectivity index (χ2n) is 7.23. The van der Waals surface area contributed by atoms with E-state index in [4.69, 9.17) is 4.52 Å². The van der Waals surface area contributed by atoms with Crippen LogP contribution in [0.1, 0.15) is 66.6 Å². The van der Waals surface area contributed by atoms with Crippen LogP contribution < -0.4 is 5.32 Å². The molecule has 1 aliphatic rings. The summed E-state index contributed by atoms with van der Waals surface area (Å²) in [6, 6.07) is 1.78. The number of H-pyrrole nitrogens is 1. The largest absolute Gasteiger partial charge is 0.336 e. The van der Waals surface area contributed by atoms with Crippen LogP contribution in [0.3, 0.4) is 0 Å². The van der Waals surface area contributed by atoms with E-state index in [2.05, 4.69) is 30.6 Å². The lowest BCUT2D eigenvalue weighted by atomic mass is 9.87. The molecule has 27 heavy (non-hydrogen) atoms. The average molecular weight is 368 g/mol. The fraction of sp³-hybridized carbons (Fsp3) is 0.526. The fourth-order valence-electron chi connectivity index (χ4n) is 3.78. The highest BCUT2D eigenvalue weighted by Crippen LogP contribution is 2.26. The van der Waals surface area contributed by atoms with Crippen molar-refractivity contribution < 1.29 is 9.32 Å². The molecule has 142 valence electrons. The molecule has 0 unspecified atom stereocenters. The van der Waals surface area contributed by atoms with E-state index in [1.165, 1.54) is 32.1 Å². The lowest BCUT2D eigenvalue weighted by Crippen LogP contribution is -2.14. The van der Waals surface area contributed by atoms with Crippen LogP contribution in [-0.4, -0.2) is 31.2 Å². The first-order valence-electron chi connectivity index (χ1n) is 9.62. The van der Waals surface area contributed by atoms with Crippen molar-refractivity contribution in [2.24, 2.45) is 5.92 Å². The zero-order valence-electron chi connectivity index (χ0n) is 15.7. The summed E-state index contributed by atoms with van der Waals surface area (Å²) < 4.78 is 5.24. The molecule has 1 saturated carbocycles. The molecule has 0 bridgehead atoms. The standard InChI is InChI=1S/C19H24N6O2/c1-3-13-10-14(16-11(2)25-27-18(16)20-13)17(26)22-19-21-15(23-24-19)9-12-7-5-4-6-8-12/h10,12H,3-9H2,1-2H3,(H2,21,22,23,24,26). The molecule has 0 aromatic carbocycles. The minimum Gasteiger partial charge on any atom is -0.336 e. The molecule has 0 spiro atoms. The van der Waals surface area contributed by atoms with Gasteiger partial charge in [0.25, 0.3) is 11.6 Å². The molecule has 4 rings (SSSR count). The lowest BCUT2D eigenvalue weighted by molar-refractivity contribution is 0.102. The first kappa shape index (κ1) is 17.6. The Bertz CT molecular complexity index is 954. The number of carbonyl (C=O) groups excluding carboxylic acids is 1. The molecule has 0 atom stereocenters. The summed E-state index contributed by atoms with van der Waals surface area (Å²) >= 11 is 0. The number of nitrogens with zero attached hydrogens (tertiary/aromatic N) is 4. The van der Waals surface area contributed by atoms with Crippen molar-refractivity contribution in [3.8, 4) is 0 Å². The Morgan fingerprint density at radius 1 is 1.30 bits per heavy atom. The van der Waals surface area contributed by atoms with Crippen molar-refractivity contribution in [3.63, 3.8) is 0 Å². The van der Waals surface area contributed by atoms with Gasteiger partial charge in [0.2, 0.25) is 5.95 Å². The molecule has 0 saturated heterocycles. The number of rotatable bonds is 5. The summed E-state index contributed by atoms with van der Waals surface area (Å²) in [4.78, 5) is 21.7. The highest BCUT2D eigenvalue weighted by molar-refractivity contribution is 6.11. The van der Waals surface area contributed by atoms with Gasteiger partial charge in [0.15, 0.2) is 0 Å². The van der Waals surface area contributed by atoms with Crippen molar-refractivity contribution in [1.29, 1.82) is 0 Å². The normalized spacial score (nSPS) is 15.3. The number of nitrogens with one attached hydrogen (secondary N) is 2. The molecule has 1 amide bonds. The summed E-state index contributed by atoms with van der Waals surface area (Å²) in [7, 11) is 0. The van der Waals surface area contributed by atoms with Gasteiger partial charge in [0.1, 0.15) is 5.82 Å². The molecular weight excluding hydrogens is 344 g/mol. The van der Waals surface area contributed by atoms with Crippen LogP contribution in [0.5, 0.6) is 0 Å². The van der Waals surface area contributed by atoms with Crippen LogP contribution in [0.15, 0.2) is 10.6 Å². The van der Waals surface area contributed by atoms with Gasteiger partial charge in [-0.2, -0.15) is 4.98 Å². The minimum atomic E-state index is -0.286. The predicted octanol–water partition coefficient (Wildman–Crippen LogP) is 3.59. The Kier molecular flexibility index (Phi) is 4.87. The molecule has 2 N–H and O–H groups in total. The van der Waals surface area contributed by atoms with Gasteiger partial charge < -0.3 is 4.52 Å². The average Bonchev–Trinajstić information content (AvgIpc) is 3.28. The van der Waals surface area contributed by atoms with E-state index in [1.54, 1.807) is 13.0 Å². The van der Waals surface area contributed by atoms with Crippen LogP contribution in [-0.2, 0) is 12.8 Å². The minimum absolute atomic E-state index is 0.286. The van der Waals surface area contributed by atoms with Crippen LogP contribution in [0.4, 0.5) is 5.95 Å². The van der Waals surface area contributed by atoms with E-state index < -0.39 is 0 Å². The van der Waals surface area contributed by atoms with Gasteiger partial charge in [-0.25, -0.2) is 4.98 Å². The van der Waals surface area contributed by atoms with Gasteiger partial charge in [-0.1, -0.05) is 44.2 Å². The van der Waals surface area contributed by atoms with E-state index >= 15 is 0 Å². The van der Waals surface area contributed by atoms with Crippen LogP contribution in [0, 0.1) is 12.8 Å². The summed E-state index contributed by atoms with van der Waals surface area (Å²) in [6.45, 7) is 3.77. The van der Waals surface area contributed by atoms with Crippen LogP contribution >= 0.6 is 0 Å². The molecule has 1 aliphatic carbocycles. The number of aryl methyl sites for hydroxylation is 2. The predicted molar refractivity (Wildman–Crippen MR) is 101 cm³/mol. The maximum Gasteiger partial charge on any atom is 0.259 e. The van der Waals surface area contributed by atoms with Gasteiger partial charge in [0.05, 0.1) is 16.6 Å². The zero-order valence-corrected chi connectivity index (χ0v) is 15.7. The summed E-state index contributed by atoms with van der Waals surface area (Å²) in [5, 5.41) is 14.5. The molecule has 1 fully saturated rings. The molecule has 3 aromatic heterocycles. The van der Waals surface area contributed by atoms with Gasteiger partial charge in [-0.3, -0.25) is 15.2 Å². The second-order valence-corrected chi connectivity index (χ2v) is 7.23. The molecule has 3 aromatic rings. The van der Waals surface area contributed by atoms with E-state index in [-0.39, 0.29) is 5.91 Å². The van der Waals surface area contributed by atoms with Gasteiger partial charge >= 0.3 is 0 Å². The monoisotopic (exact) mass is 368 g/mol. The summed E-state index contributed by atoms with van der Waals surface area (Å²) in [5.41, 5.74) is 2.27. The lowest BCUT2D eigenvalue weighted by Gasteiger charge is -2.19. The second kappa shape index (κ2) is 7.46. The number of aromatic nitrogens is 5. The first-order chi connectivity index (χ1) is 13.1. The Morgan fingerprint density at radius 2 is 2.11 bits per heavy atom. The van der Waals surface area contributed by atoms with E-state index in [0.717, 1.165) is 17.9 Å². The quantitative estimate of drug-likeness (QED) is 0.712. The fourth-order valence-corrected chi connectivity index (χ4v) is 3.78. The van der Waals surface area contributed by atoms with E-state index in [0.29, 0.717) is 40.6 Å². The van der Waals surface area contributed by atoms with Crippen molar-refractivity contribution in [3.05, 3.63) is 28.8 Å². The third-order valence-electron chi connectivity index (χ3n) is 5.24. The molecule has 0 radical (unpaired) electrons. The Morgan fingerprint density at radius 3 is 2.89 bits per heavy atom. The van der Waals surface area contributed by atoms with Gasteiger partial charge in [-0.15, -0.1) is 5.10 Å². The molecule has 0 aliphatic heterocycles. The molecule has 3 heterocycles. The van der Waals surface area contributed by atoms with Crippen LogP contribution in [0.2, 0.25) is 0 Å². The highest BCUT2D eigenvalue weighted by Gasteiger charge is 2.20. The zero-order chi connectivity index (χ0) is 18.8. The summed E-state index contributed by atoms with van der Waals surface area (Å²) in [5.74, 6) is 1.49. The SMILES string of the molecule is CCc1cc(C(=O)Nc2n[nH]c(CC3CCCCC3)n2)c2c(C)noc2n1. The molecule has 8 nitrogen and oxygen atoms in total. The number of amides is 1. The molecule has 8 heteroatoms. The van der Waals surface area contributed by atoms with Crippen molar-refractivity contribution in [2.75, 3.05) is 5.32 Å². The number of hydrogen-bond donors (Lipinski definition) is 2. The van der Waals surface area contributed by atoms with E-state index in [1.807, 2.05) is 6.92 Å². The third kappa shape index (κ3) is 3.70. The highest BCUT2D eigenvalue weighted by atomic mass is 16.5. The van der Waals surface area contributed by atoms with Gasteiger partial charge in [0, 0.05) is 12.1 Å². The maximum absolute atomic E-state index is 12.8.